The first-order chi connectivity index (χ1) is 13.6. The van der Waals surface area contributed by atoms with E-state index < -0.39 is 0 Å². The number of methoxy groups -OCH3 is 1. The highest BCUT2D eigenvalue weighted by Crippen LogP contribution is 2.36. The van der Waals surface area contributed by atoms with Crippen LogP contribution in [-0.4, -0.2) is 41.9 Å². The van der Waals surface area contributed by atoms with E-state index in [1.54, 1.807) is 12.0 Å². The molecule has 140 valence electrons. The Morgan fingerprint density at radius 3 is 2.61 bits per heavy atom. The molecule has 0 aliphatic heterocycles. The predicted octanol–water partition coefficient (Wildman–Crippen LogP) is 4.79. The highest BCUT2D eigenvalue weighted by atomic mass is 16.5. The third-order valence-electron chi connectivity index (χ3n) is 4.84. The van der Waals surface area contributed by atoms with E-state index in [1.165, 1.54) is 0 Å². The largest absolute Gasteiger partial charge is 0.496 e. The lowest BCUT2D eigenvalue weighted by atomic mass is 10.0. The molecular weight excluding hydrogens is 348 g/mol. The number of nitrogens with zero attached hydrogens (tertiary/aromatic N) is 2. The molecule has 0 unspecified atom stereocenters. The Morgan fingerprint density at radius 1 is 1.00 bits per heavy atom. The number of rotatable bonds is 4. The highest BCUT2D eigenvalue weighted by Gasteiger charge is 2.13. The van der Waals surface area contributed by atoms with E-state index >= 15 is 0 Å². The summed E-state index contributed by atoms with van der Waals surface area (Å²) in [5.74, 6) is 1.31. The fraction of sp³-hybridized carbons (Fsp3) is 0.130. The van der Waals surface area contributed by atoms with Gasteiger partial charge in [-0.3, -0.25) is 5.41 Å². The zero-order valence-corrected chi connectivity index (χ0v) is 16.2. The van der Waals surface area contributed by atoms with Crippen molar-refractivity contribution in [3.8, 4) is 28.0 Å². The van der Waals surface area contributed by atoms with Gasteiger partial charge in [0.15, 0.2) is 0 Å². The highest BCUT2D eigenvalue weighted by molar-refractivity contribution is 5.99. The minimum Gasteiger partial charge on any atom is -0.496 e. The fourth-order valence-electron chi connectivity index (χ4n) is 3.36. The van der Waals surface area contributed by atoms with Gasteiger partial charge in [0, 0.05) is 54.1 Å². The Morgan fingerprint density at radius 2 is 1.82 bits per heavy atom. The maximum Gasteiger partial charge on any atom is 0.137 e. The van der Waals surface area contributed by atoms with Gasteiger partial charge in [0.2, 0.25) is 0 Å². The molecule has 0 saturated heterocycles. The molecule has 5 nitrogen and oxygen atoms in total. The van der Waals surface area contributed by atoms with E-state index in [4.69, 9.17) is 10.1 Å². The second kappa shape index (κ2) is 7.19. The summed E-state index contributed by atoms with van der Waals surface area (Å²) in [6, 6.07) is 18.1. The molecule has 2 aromatic heterocycles. The average molecular weight is 370 g/mol. The number of para-hydroxylation sites is 1. The number of aromatic nitrogens is 2. The van der Waals surface area contributed by atoms with Gasteiger partial charge < -0.3 is 14.6 Å². The number of benzene rings is 2. The van der Waals surface area contributed by atoms with Crippen LogP contribution in [0.25, 0.3) is 33.3 Å². The zero-order valence-electron chi connectivity index (χ0n) is 16.2. The first-order valence-corrected chi connectivity index (χ1v) is 9.05. The number of amidine groups is 1. The van der Waals surface area contributed by atoms with Gasteiger partial charge in [-0.2, -0.15) is 0 Å². The Hall–Kier alpha value is -3.60. The predicted molar refractivity (Wildman–Crippen MR) is 114 cm³/mol. The average Bonchev–Trinajstić information content (AvgIpc) is 3.16. The molecule has 0 aliphatic carbocycles. The van der Waals surface area contributed by atoms with E-state index in [0.29, 0.717) is 5.84 Å². The number of ether oxygens (including phenoxy) is 1. The van der Waals surface area contributed by atoms with Gasteiger partial charge in [-0.15, -0.1) is 0 Å². The first kappa shape index (κ1) is 17.8. The van der Waals surface area contributed by atoms with Crippen molar-refractivity contribution >= 4 is 16.9 Å². The molecule has 0 radical (unpaired) electrons. The number of nitrogens with one attached hydrogen (secondary N) is 2. The lowest BCUT2D eigenvalue weighted by Gasteiger charge is -2.14. The Balaban J connectivity index is 1.83. The molecule has 4 aromatic rings. The number of hydrogen-bond donors (Lipinski definition) is 2. The number of pyridine rings is 1. The van der Waals surface area contributed by atoms with Crippen LogP contribution in [0, 0.1) is 5.41 Å². The standard InChI is InChI=1S/C23H22N4O/c1-27(2)22(24)16-8-6-7-15(11-16)17-12-19-20(14-26-23(19)25-13-17)18-9-4-5-10-21(18)28-3/h4-14,24H,1-3H3,(H,25,26). The monoisotopic (exact) mass is 370 g/mol. The van der Waals surface area contributed by atoms with Crippen molar-refractivity contribution in [3.63, 3.8) is 0 Å². The second-order valence-electron chi connectivity index (χ2n) is 6.85. The van der Waals surface area contributed by atoms with Crippen LogP contribution in [0.2, 0.25) is 0 Å². The van der Waals surface area contributed by atoms with E-state index in [-0.39, 0.29) is 0 Å². The van der Waals surface area contributed by atoms with Gasteiger partial charge in [0.05, 0.1) is 7.11 Å². The molecule has 0 saturated carbocycles. The van der Waals surface area contributed by atoms with Gasteiger partial charge in [0.25, 0.3) is 0 Å². The van der Waals surface area contributed by atoms with Crippen LogP contribution in [0.4, 0.5) is 0 Å². The van der Waals surface area contributed by atoms with Gasteiger partial charge in [-0.1, -0.05) is 36.4 Å². The Kier molecular flexibility index (Phi) is 4.57. The van der Waals surface area contributed by atoms with Crippen molar-refractivity contribution in [1.29, 1.82) is 5.41 Å². The zero-order chi connectivity index (χ0) is 19.7. The van der Waals surface area contributed by atoms with Crippen LogP contribution in [0.5, 0.6) is 5.75 Å². The molecule has 0 spiro atoms. The van der Waals surface area contributed by atoms with Crippen molar-refractivity contribution < 1.29 is 4.74 Å². The normalized spacial score (nSPS) is 10.8. The smallest absolute Gasteiger partial charge is 0.137 e. The van der Waals surface area contributed by atoms with Gasteiger partial charge in [-0.05, 0) is 23.8 Å². The summed E-state index contributed by atoms with van der Waals surface area (Å²) < 4.78 is 5.53. The van der Waals surface area contributed by atoms with Crippen LogP contribution in [0.1, 0.15) is 5.56 Å². The van der Waals surface area contributed by atoms with Crippen molar-refractivity contribution in [2.24, 2.45) is 0 Å². The summed E-state index contributed by atoms with van der Waals surface area (Å²) in [5, 5.41) is 9.27. The third kappa shape index (κ3) is 3.11. The maximum absolute atomic E-state index is 8.23. The van der Waals surface area contributed by atoms with Crippen LogP contribution in [0.3, 0.4) is 0 Å². The van der Waals surface area contributed by atoms with E-state index in [2.05, 4.69) is 16.0 Å². The second-order valence-corrected chi connectivity index (χ2v) is 6.85. The van der Waals surface area contributed by atoms with Crippen molar-refractivity contribution in [2.45, 2.75) is 0 Å². The Labute approximate surface area is 164 Å². The molecule has 28 heavy (non-hydrogen) atoms. The quantitative estimate of drug-likeness (QED) is 0.401. The molecule has 2 heterocycles. The fourth-order valence-corrected chi connectivity index (χ4v) is 3.36. The SMILES string of the molecule is COc1ccccc1-c1c[nH]c2ncc(-c3cccc(C(=N)N(C)C)c3)cc12. The van der Waals surface area contributed by atoms with Gasteiger partial charge >= 0.3 is 0 Å². The summed E-state index contributed by atoms with van der Waals surface area (Å²) >= 11 is 0. The molecule has 4 rings (SSSR count). The van der Waals surface area contributed by atoms with Crippen LogP contribution < -0.4 is 4.74 Å². The van der Waals surface area contributed by atoms with Crippen LogP contribution in [-0.2, 0) is 0 Å². The third-order valence-corrected chi connectivity index (χ3v) is 4.84. The van der Waals surface area contributed by atoms with Gasteiger partial charge in [0.1, 0.15) is 17.2 Å². The minimum absolute atomic E-state index is 0.479. The molecule has 0 fully saturated rings. The van der Waals surface area contributed by atoms with Crippen molar-refractivity contribution in [2.75, 3.05) is 21.2 Å². The van der Waals surface area contributed by atoms with Crippen molar-refractivity contribution in [3.05, 3.63) is 72.6 Å². The molecule has 5 heteroatoms. The number of hydrogen-bond acceptors (Lipinski definition) is 3. The van der Waals surface area contributed by atoms with Crippen molar-refractivity contribution in [1.82, 2.24) is 14.9 Å². The van der Waals surface area contributed by atoms with E-state index in [9.17, 15) is 0 Å². The molecule has 0 bridgehead atoms. The number of aromatic amines is 1. The molecule has 0 aliphatic rings. The summed E-state index contributed by atoms with van der Waals surface area (Å²) in [7, 11) is 5.44. The van der Waals surface area contributed by atoms with Crippen LogP contribution in [0.15, 0.2) is 67.0 Å². The summed E-state index contributed by atoms with van der Waals surface area (Å²) in [6.45, 7) is 0. The molecule has 2 aromatic carbocycles. The van der Waals surface area contributed by atoms with Gasteiger partial charge in [-0.25, -0.2) is 4.98 Å². The molecular formula is C23H22N4O. The Bertz CT molecular complexity index is 1160. The minimum atomic E-state index is 0.479. The molecule has 0 atom stereocenters. The molecule has 2 N–H and O–H groups in total. The lowest BCUT2D eigenvalue weighted by Crippen LogP contribution is -2.21. The first-order valence-electron chi connectivity index (χ1n) is 9.05. The lowest BCUT2D eigenvalue weighted by molar-refractivity contribution is 0.416. The maximum atomic E-state index is 8.23. The number of H-pyrrole nitrogens is 1. The summed E-state index contributed by atoms with van der Waals surface area (Å²) in [6.07, 6.45) is 3.83. The van der Waals surface area contributed by atoms with Crippen LogP contribution >= 0.6 is 0 Å². The summed E-state index contributed by atoms with van der Waals surface area (Å²) in [4.78, 5) is 9.66. The summed E-state index contributed by atoms with van der Waals surface area (Å²) in [5.41, 5.74) is 5.84. The van der Waals surface area contributed by atoms with E-state index in [1.807, 2.05) is 75.0 Å². The van der Waals surface area contributed by atoms with E-state index in [0.717, 1.165) is 44.6 Å². The topological polar surface area (TPSA) is 65.0 Å². The number of fused-ring (bicyclic) bond motifs is 1. The molecule has 0 amide bonds.